The van der Waals surface area contributed by atoms with E-state index in [2.05, 4.69) is 33.8 Å². The molecule has 0 atom stereocenters. The zero-order valence-electron chi connectivity index (χ0n) is 10.7. The van der Waals surface area contributed by atoms with Crippen molar-refractivity contribution in [2.24, 2.45) is 0 Å². The van der Waals surface area contributed by atoms with E-state index >= 15 is 0 Å². The molecule has 1 aliphatic heterocycles. The van der Waals surface area contributed by atoms with E-state index in [4.69, 9.17) is 4.74 Å². The average Bonchev–Trinajstić information content (AvgIpc) is 2.83. The lowest BCUT2D eigenvalue weighted by Crippen LogP contribution is -2.36. The largest absolute Gasteiger partial charge is 0.378 e. The highest BCUT2D eigenvalue weighted by molar-refractivity contribution is 5.86. The van der Waals surface area contributed by atoms with Crippen LogP contribution in [0.3, 0.4) is 0 Å². The van der Waals surface area contributed by atoms with Crippen LogP contribution < -0.4 is 4.90 Å². The average molecular weight is 247 g/mol. The third kappa shape index (κ3) is 1.82. The van der Waals surface area contributed by atoms with E-state index in [1.54, 1.807) is 6.33 Å². The van der Waals surface area contributed by atoms with Crippen molar-refractivity contribution in [3.63, 3.8) is 0 Å². The van der Waals surface area contributed by atoms with Crippen molar-refractivity contribution >= 4 is 16.9 Å². The van der Waals surface area contributed by atoms with Gasteiger partial charge in [-0.2, -0.15) is 5.10 Å². The van der Waals surface area contributed by atoms with Crippen LogP contribution in [0.4, 0.5) is 5.82 Å². The van der Waals surface area contributed by atoms with E-state index in [0.717, 1.165) is 43.2 Å². The van der Waals surface area contributed by atoms with E-state index in [9.17, 15) is 0 Å². The third-order valence-corrected chi connectivity index (χ3v) is 3.17. The molecule has 3 rings (SSSR count). The fraction of sp³-hybridized carbons (Fsp3) is 0.583. The van der Waals surface area contributed by atoms with Gasteiger partial charge in [-0.15, -0.1) is 0 Å². The summed E-state index contributed by atoms with van der Waals surface area (Å²) in [6.45, 7) is 7.46. The Balaban J connectivity index is 2.07. The van der Waals surface area contributed by atoms with Crippen molar-refractivity contribution < 1.29 is 4.74 Å². The summed E-state index contributed by atoms with van der Waals surface area (Å²) in [5.74, 6) is 0.968. The van der Waals surface area contributed by atoms with Crippen molar-refractivity contribution in [3.8, 4) is 0 Å². The Kier molecular flexibility index (Phi) is 2.87. The number of fused-ring (bicyclic) bond motifs is 1. The number of hydrogen-bond acceptors (Lipinski definition) is 5. The molecule has 0 aromatic carbocycles. The number of nitrogens with zero attached hydrogens (tertiary/aromatic N) is 5. The minimum atomic E-state index is 0.301. The minimum absolute atomic E-state index is 0.301. The summed E-state index contributed by atoms with van der Waals surface area (Å²) in [4.78, 5) is 11.0. The summed E-state index contributed by atoms with van der Waals surface area (Å²) >= 11 is 0. The molecule has 0 N–H and O–H groups in total. The Bertz CT molecular complexity index is 544. The van der Waals surface area contributed by atoms with Crippen LogP contribution in [-0.4, -0.2) is 46.1 Å². The van der Waals surface area contributed by atoms with E-state index in [1.807, 2.05) is 10.9 Å². The van der Waals surface area contributed by atoms with Gasteiger partial charge in [0.25, 0.3) is 0 Å². The van der Waals surface area contributed by atoms with Crippen molar-refractivity contribution in [2.45, 2.75) is 19.9 Å². The standard InChI is InChI=1S/C12H17N5O/c1-9(2)17-12-10(7-15-17)11(13-8-14-12)16-3-5-18-6-4-16/h7-9H,3-6H2,1-2H3. The van der Waals surface area contributed by atoms with E-state index in [-0.39, 0.29) is 0 Å². The zero-order chi connectivity index (χ0) is 12.5. The Labute approximate surface area is 106 Å². The lowest BCUT2D eigenvalue weighted by atomic mass is 10.3. The number of hydrogen-bond donors (Lipinski definition) is 0. The maximum absolute atomic E-state index is 5.37. The molecule has 18 heavy (non-hydrogen) atoms. The molecule has 0 aliphatic carbocycles. The molecule has 6 heteroatoms. The van der Waals surface area contributed by atoms with Crippen LogP contribution in [0, 0.1) is 0 Å². The molecule has 0 bridgehead atoms. The molecule has 1 saturated heterocycles. The lowest BCUT2D eigenvalue weighted by Gasteiger charge is -2.27. The number of ether oxygens (including phenoxy) is 1. The van der Waals surface area contributed by atoms with Crippen LogP contribution >= 0.6 is 0 Å². The first-order valence-corrected chi connectivity index (χ1v) is 6.28. The predicted molar refractivity (Wildman–Crippen MR) is 68.7 cm³/mol. The SMILES string of the molecule is CC(C)n1ncc2c(N3CCOCC3)ncnc21. The number of rotatable bonds is 2. The van der Waals surface area contributed by atoms with Crippen LogP contribution in [0.2, 0.25) is 0 Å². The van der Waals surface area contributed by atoms with Gasteiger partial charge in [0, 0.05) is 19.1 Å². The first-order valence-electron chi connectivity index (χ1n) is 6.28. The van der Waals surface area contributed by atoms with E-state index in [0.29, 0.717) is 6.04 Å². The normalized spacial score (nSPS) is 16.7. The molecule has 0 saturated carbocycles. The van der Waals surface area contributed by atoms with Gasteiger partial charge < -0.3 is 9.64 Å². The summed E-state index contributed by atoms with van der Waals surface area (Å²) in [7, 11) is 0. The van der Waals surface area contributed by atoms with Gasteiger partial charge in [-0.05, 0) is 13.8 Å². The van der Waals surface area contributed by atoms with Crippen molar-refractivity contribution in [1.29, 1.82) is 0 Å². The summed E-state index contributed by atoms with van der Waals surface area (Å²) in [5.41, 5.74) is 0.904. The molecule has 2 aromatic heterocycles. The second-order valence-corrected chi connectivity index (χ2v) is 4.72. The van der Waals surface area contributed by atoms with Crippen molar-refractivity contribution in [3.05, 3.63) is 12.5 Å². The van der Waals surface area contributed by atoms with Gasteiger partial charge in [-0.3, -0.25) is 0 Å². The topological polar surface area (TPSA) is 56.1 Å². The van der Waals surface area contributed by atoms with Gasteiger partial charge in [-0.25, -0.2) is 14.6 Å². The van der Waals surface area contributed by atoms with Crippen LogP contribution in [0.15, 0.2) is 12.5 Å². The van der Waals surface area contributed by atoms with Crippen molar-refractivity contribution in [1.82, 2.24) is 19.7 Å². The van der Waals surface area contributed by atoms with Gasteiger partial charge in [0.2, 0.25) is 0 Å². The predicted octanol–water partition coefficient (Wildman–Crippen LogP) is 1.24. The Morgan fingerprint density at radius 1 is 1.22 bits per heavy atom. The second-order valence-electron chi connectivity index (χ2n) is 4.72. The zero-order valence-corrected chi connectivity index (χ0v) is 10.7. The third-order valence-electron chi connectivity index (χ3n) is 3.17. The van der Waals surface area contributed by atoms with E-state index in [1.165, 1.54) is 0 Å². The fourth-order valence-electron chi connectivity index (χ4n) is 2.26. The first kappa shape index (κ1) is 11.4. The number of anilines is 1. The van der Waals surface area contributed by atoms with Crippen molar-refractivity contribution in [2.75, 3.05) is 31.2 Å². The minimum Gasteiger partial charge on any atom is -0.378 e. The molecule has 1 aliphatic rings. The fourth-order valence-corrected chi connectivity index (χ4v) is 2.26. The molecule has 0 unspecified atom stereocenters. The van der Waals surface area contributed by atoms with Gasteiger partial charge in [0.1, 0.15) is 12.1 Å². The Morgan fingerprint density at radius 2 is 2.00 bits per heavy atom. The number of morpholine rings is 1. The Morgan fingerprint density at radius 3 is 2.72 bits per heavy atom. The maximum atomic E-state index is 5.37. The Hall–Kier alpha value is -1.69. The quantitative estimate of drug-likeness (QED) is 0.799. The number of aromatic nitrogens is 4. The first-order chi connectivity index (χ1) is 8.77. The van der Waals surface area contributed by atoms with E-state index < -0.39 is 0 Å². The molecule has 0 amide bonds. The molecule has 0 spiro atoms. The summed E-state index contributed by atoms with van der Waals surface area (Å²) < 4.78 is 7.30. The maximum Gasteiger partial charge on any atom is 0.163 e. The highest BCUT2D eigenvalue weighted by atomic mass is 16.5. The lowest BCUT2D eigenvalue weighted by molar-refractivity contribution is 0.122. The molecular formula is C12H17N5O. The molecule has 3 heterocycles. The highest BCUT2D eigenvalue weighted by Gasteiger charge is 2.18. The van der Waals surface area contributed by atoms with Gasteiger partial charge in [-0.1, -0.05) is 0 Å². The van der Waals surface area contributed by atoms with Gasteiger partial charge >= 0.3 is 0 Å². The van der Waals surface area contributed by atoms with Crippen LogP contribution in [0.5, 0.6) is 0 Å². The monoisotopic (exact) mass is 247 g/mol. The van der Waals surface area contributed by atoms with Crippen LogP contribution in [0.1, 0.15) is 19.9 Å². The van der Waals surface area contributed by atoms with Crippen LogP contribution in [0.25, 0.3) is 11.0 Å². The molecular weight excluding hydrogens is 230 g/mol. The summed E-state index contributed by atoms with van der Waals surface area (Å²) in [5, 5.41) is 5.43. The smallest absolute Gasteiger partial charge is 0.163 e. The van der Waals surface area contributed by atoms with Crippen LogP contribution in [-0.2, 0) is 4.74 Å². The van der Waals surface area contributed by atoms with Gasteiger partial charge in [0.15, 0.2) is 5.65 Å². The molecule has 0 radical (unpaired) electrons. The second kappa shape index (κ2) is 4.53. The summed E-state index contributed by atoms with van der Waals surface area (Å²) in [6.07, 6.45) is 3.48. The van der Waals surface area contributed by atoms with Gasteiger partial charge in [0.05, 0.1) is 24.8 Å². The summed E-state index contributed by atoms with van der Waals surface area (Å²) in [6, 6.07) is 0.301. The highest BCUT2D eigenvalue weighted by Crippen LogP contribution is 2.24. The molecule has 2 aromatic rings. The molecule has 6 nitrogen and oxygen atoms in total. The molecule has 96 valence electrons. The molecule has 1 fully saturated rings.